The third kappa shape index (κ3) is 6.46. The Morgan fingerprint density at radius 2 is 1.62 bits per heavy atom. The van der Waals surface area contributed by atoms with Crippen LogP contribution in [0.15, 0.2) is 78.9 Å². The zero-order valence-corrected chi connectivity index (χ0v) is 30.1. The van der Waals surface area contributed by atoms with Gasteiger partial charge in [-0.15, -0.1) is 11.3 Å². The molecule has 1 spiro atoms. The zero-order chi connectivity index (χ0) is 36.9. The van der Waals surface area contributed by atoms with Crippen molar-refractivity contribution in [3.63, 3.8) is 0 Å². The summed E-state index contributed by atoms with van der Waals surface area (Å²) in [6, 6.07) is 21.9. The number of fused-ring (bicyclic) bond motifs is 3. The van der Waals surface area contributed by atoms with Crippen LogP contribution in [-0.2, 0) is 11.2 Å². The summed E-state index contributed by atoms with van der Waals surface area (Å²) >= 11 is 1.06. The Morgan fingerprint density at radius 3 is 2.38 bits per heavy atom. The highest BCUT2D eigenvalue weighted by Gasteiger charge is 2.45. The van der Waals surface area contributed by atoms with E-state index in [9.17, 15) is 18.8 Å². The van der Waals surface area contributed by atoms with Crippen molar-refractivity contribution in [1.82, 2.24) is 4.98 Å². The molecule has 53 heavy (non-hydrogen) atoms. The standard InChI is InChI=1S/C41H37F2N5O4S/c1-24-6-5-8-31(42)33(24)38(50)46-39-34(43)29-16-19-48(32-9-4-3-7-28(32)35(29)53-39)40(51)26-11-13-27(14-12-26)45-37(49)30-15-10-25(2)44-36(30)47-22-41(23-47)17-20-52-21-18-41/h3-15H,16-23H2,1-2H3,(H,45,49)(H,46,50). The van der Waals surface area contributed by atoms with Gasteiger partial charge in [0.2, 0.25) is 0 Å². The lowest BCUT2D eigenvalue weighted by atomic mass is 9.73. The number of nitrogens with zero attached hydrogens (tertiary/aromatic N) is 3. The number of hydrogen-bond acceptors (Lipinski definition) is 7. The Morgan fingerprint density at radius 1 is 0.868 bits per heavy atom. The molecule has 2 N–H and O–H groups in total. The number of anilines is 4. The highest BCUT2D eigenvalue weighted by molar-refractivity contribution is 7.19. The number of benzene rings is 3. The Labute approximate surface area is 309 Å². The van der Waals surface area contributed by atoms with Crippen LogP contribution in [0.1, 0.15) is 60.7 Å². The second-order valence-electron chi connectivity index (χ2n) is 14.0. The molecule has 2 fully saturated rings. The van der Waals surface area contributed by atoms with Gasteiger partial charge >= 0.3 is 0 Å². The van der Waals surface area contributed by atoms with Crippen molar-refractivity contribution in [3.05, 3.63) is 124 Å². The third-order valence-corrected chi connectivity index (χ3v) is 11.6. The first kappa shape index (κ1) is 34.6. The summed E-state index contributed by atoms with van der Waals surface area (Å²) in [6.07, 6.45) is 2.21. The van der Waals surface area contributed by atoms with Crippen LogP contribution in [-0.4, -0.2) is 55.6 Å². The average molecular weight is 734 g/mol. The number of rotatable bonds is 6. The van der Waals surface area contributed by atoms with Gasteiger partial charge in [-0.25, -0.2) is 13.8 Å². The molecule has 5 heterocycles. The van der Waals surface area contributed by atoms with Crippen molar-refractivity contribution in [1.29, 1.82) is 0 Å². The first-order valence-corrected chi connectivity index (χ1v) is 18.4. The van der Waals surface area contributed by atoms with E-state index in [0.717, 1.165) is 56.2 Å². The van der Waals surface area contributed by atoms with E-state index in [2.05, 4.69) is 15.5 Å². The van der Waals surface area contributed by atoms with Crippen molar-refractivity contribution in [2.45, 2.75) is 33.1 Å². The third-order valence-electron chi connectivity index (χ3n) is 10.4. The van der Waals surface area contributed by atoms with Gasteiger partial charge in [-0.1, -0.05) is 30.3 Å². The summed E-state index contributed by atoms with van der Waals surface area (Å²) in [5.74, 6) is -1.89. The molecule has 12 heteroatoms. The number of para-hydroxylation sites is 1. The molecule has 0 unspecified atom stereocenters. The maximum atomic E-state index is 15.9. The van der Waals surface area contributed by atoms with Gasteiger partial charge in [0.15, 0.2) is 5.82 Å². The van der Waals surface area contributed by atoms with E-state index < -0.39 is 17.5 Å². The summed E-state index contributed by atoms with van der Waals surface area (Å²) in [7, 11) is 0. The van der Waals surface area contributed by atoms with Crippen molar-refractivity contribution in [2.24, 2.45) is 5.41 Å². The molecule has 3 aliphatic heterocycles. The number of pyridine rings is 1. The van der Waals surface area contributed by atoms with Crippen LogP contribution in [0.5, 0.6) is 0 Å². The molecule has 0 saturated carbocycles. The number of thiophene rings is 1. The number of carbonyl (C=O) groups is 3. The number of halogens is 2. The van der Waals surface area contributed by atoms with E-state index in [1.807, 2.05) is 37.3 Å². The number of nitrogens with one attached hydrogen (secondary N) is 2. The van der Waals surface area contributed by atoms with E-state index in [1.54, 1.807) is 48.2 Å². The molecule has 2 aromatic heterocycles. The van der Waals surface area contributed by atoms with Gasteiger partial charge < -0.3 is 25.2 Å². The van der Waals surface area contributed by atoms with Gasteiger partial charge in [0.1, 0.15) is 16.6 Å². The molecule has 0 bridgehead atoms. The van der Waals surface area contributed by atoms with Crippen LogP contribution in [0.4, 0.5) is 31.0 Å². The normalized spacial score (nSPS) is 15.9. The molecule has 2 saturated heterocycles. The number of hydrogen-bond donors (Lipinski definition) is 2. The molecular formula is C41H37F2N5O4S. The fraction of sp³-hybridized carbons (Fsp3) is 0.268. The van der Waals surface area contributed by atoms with Crippen LogP contribution in [0, 0.1) is 30.9 Å². The summed E-state index contributed by atoms with van der Waals surface area (Å²) in [4.78, 5) is 49.7. The van der Waals surface area contributed by atoms with Gasteiger partial charge in [-0.05, 0) is 87.2 Å². The summed E-state index contributed by atoms with van der Waals surface area (Å²) < 4.78 is 36.0. The molecule has 270 valence electrons. The van der Waals surface area contributed by atoms with Gasteiger partial charge in [0.05, 0.1) is 16.8 Å². The summed E-state index contributed by atoms with van der Waals surface area (Å²) in [5, 5.41) is 5.55. The predicted molar refractivity (Wildman–Crippen MR) is 202 cm³/mol. The maximum Gasteiger partial charge on any atom is 0.259 e. The van der Waals surface area contributed by atoms with E-state index >= 15 is 4.39 Å². The molecule has 3 amide bonds. The maximum absolute atomic E-state index is 15.9. The van der Waals surface area contributed by atoms with Crippen LogP contribution in [0.2, 0.25) is 0 Å². The number of ether oxygens (including phenoxy) is 1. The molecule has 3 aliphatic rings. The highest BCUT2D eigenvalue weighted by Crippen LogP contribution is 2.46. The fourth-order valence-corrected chi connectivity index (χ4v) is 8.71. The van der Waals surface area contributed by atoms with E-state index in [0.29, 0.717) is 49.9 Å². The lowest BCUT2D eigenvalue weighted by Crippen LogP contribution is -2.59. The van der Waals surface area contributed by atoms with Crippen molar-refractivity contribution >= 4 is 51.3 Å². The second kappa shape index (κ2) is 13.8. The van der Waals surface area contributed by atoms with E-state index in [1.165, 1.54) is 12.1 Å². The predicted octanol–water partition coefficient (Wildman–Crippen LogP) is 8.03. The van der Waals surface area contributed by atoms with Crippen LogP contribution in [0.3, 0.4) is 0 Å². The molecule has 0 radical (unpaired) electrons. The summed E-state index contributed by atoms with van der Waals surface area (Å²) in [5.41, 5.74) is 4.41. The molecule has 5 aromatic rings. The second-order valence-corrected chi connectivity index (χ2v) is 15.0. The monoisotopic (exact) mass is 733 g/mol. The average Bonchev–Trinajstić information content (AvgIpc) is 3.34. The van der Waals surface area contributed by atoms with Crippen molar-refractivity contribution < 1.29 is 27.9 Å². The zero-order valence-electron chi connectivity index (χ0n) is 29.3. The molecular weight excluding hydrogens is 697 g/mol. The van der Waals surface area contributed by atoms with Crippen LogP contribution >= 0.6 is 11.3 Å². The molecule has 0 atom stereocenters. The largest absolute Gasteiger partial charge is 0.381 e. The Bertz CT molecular complexity index is 2240. The first-order valence-electron chi connectivity index (χ1n) is 17.6. The minimum Gasteiger partial charge on any atom is -0.381 e. The van der Waals surface area contributed by atoms with Crippen LogP contribution < -0.4 is 20.4 Å². The van der Waals surface area contributed by atoms with Gasteiger partial charge in [-0.2, -0.15) is 0 Å². The van der Waals surface area contributed by atoms with Gasteiger partial charge in [0.25, 0.3) is 17.7 Å². The SMILES string of the molecule is Cc1ccc(C(=O)Nc2ccc(C(=O)N3CCc4c(sc(NC(=O)c5c(C)cccc5F)c4F)-c4ccccc43)cc2)c(N2CC3(CCOCC3)C2)n1. The Kier molecular flexibility index (Phi) is 9.03. The highest BCUT2D eigenvalue weighted by atomic mass is 32.1. The number of amides is 3. The Balaban J connectivity index is 0.986. The molecule has 8 rings (SSSR count). The van der Waals surface area contributed by atoms with Crippen LogP contribution in [0.25, 0.3) is 10.4 Å². The first-order chi connectivity index (χ1) is 25.6. The van der Waals surface area contributed by atoms with Crippen molar-refractivity contribution in [3.8, 4) is 10.4 Å². The molecule has 3 aromatic carbocycles. The lowest BCUT2D eigenvalue weighted by Gasteiger charge is -2.53. The Hall–Kier alpha value is -5.46. The van der Waals surface area contributed by atoms with Gasteiger partial charge in [0, 0.05) is 71.2 Å². The quantitative estimate of drug-likeness (QED) is 0.183. The van der Waals surface area contributed by atoms with E-state index in [-0.39, 0.29) is 40.8 Å². The molecule has 9 nitrogen and oxygen atoms in total. The minimum absolute atomic E-state index is 0.00322. The van der Waals surface area contributed by atoms with Crippen molar-refractivity contribution in [2.75, 3.05) is 53.3 Å². The fourth-order valence-electron chi connectivity index (χ4n) is 7.55. The van der Waals surface area contributed by atoms with Gasteiger partial charge in [-0.3, -0.25) is 14.4 Å². The number of carbonyl (C=O) groups excluding carboxylic acids is 3. The summed E-state index contributed by atoms with van der Waals surface area (Å²) in [6.45, 7) is 6.94. The topological polar surface area (TPSA) is 104 Å². The van der Waals surface area contributed by atoms with E-state index in [4.69, 9.17) is 9.72 Å². The number of aromatic nitrogens is 1. The molecule has 0 aliphatic carbocycles. The number of aryl methyl sites for hydroxylation is 2. The smallest absolute Gasteiger partial charge is 0.259 e. The minimum atomic E-state index is -0.726. The lowest BCUT2D eigenvalue weighted by molar-refractivity contribution is -0.000519.